The first kappa shape index (κ1) is 13.1. The maximum Gasteiger partial charge on any atom is 0.339 e. The largest absolute Gasteiger partial charge is 0.465 e. The van der Waals surface area contributed by atoms with E-state index < -0.39 is 17.9 Å². The van der Waals surface area contributed by atoms with Gasteiger partial charge in [0.1, 0.15) is 0 Å². The second-order valence-electron chi connectivity index (χ2n) is 3.53. The molecule has 6 nitrogen and oxygen atoms in total. The molecule has 0 bridgehead atoms. The number of nitrogens with one attached hydrogen (secondary N) is 1. The van der Waals surface area contributed by atoms with E-state index in [1.165, 1.54) is 13.3 Å². The number of hydrogen-bond acceptors (Lipinski definition) is 5. The zero-order valence-corrected chi connectivity index (χ0v) is 9.77. The van der Waals surface area contributed by atoms with Crippen LogP contribution in [-0.2, 0) is 16.1 Å². The van der Waals surface area contributed by atoms with Gasteiger partial charge in [0.25, 0.3) is 0 Å². The van der Waals surface area contributed by atoms with Gasteiger partial charge >= 0.3 is 5.97 Å². The predicted octanol–water partition coefficient (Wildman–Crippen LogP) is -0.168. The third kappa shape index (κ3) is 3.84. The van der Waals surface area contributed by atoms with Crippen molar-refractivity contribution in [1.29, 1.82) is 0 Å². The monoisotopic (exact) mass is 237 g/mol. The van der Waals surface area contributed by atoms with Crippen LogP contribution >= 0.6 is 0 Å². The highest BCUT2D eigenvalue weighted by atomic mass is 16.5. The van der Waals surface area contributed by atoms with Gasteiger partial charge in [-0.3, -0.25) is 9.78 Å². The third-order valence-electron chi connectivity index (χ3n) is 2.26. The van der Waals surface area contributed by atoms with Crippen molar-refractivity contribution >= 4 is 11.9 Å². The topological polar surface area (TPSA) is 94.3 Å². The molecule has 1 unspecified atom stereocenters. The molecule has 0 saturated heterocycles. The molecule has 1 aromatic rings. The summed E-state index contributed by atoms with van der Waals surface area (Å²) in [5.41, 5.74) is 6.20. The minimum Gasteiger partial charge on any atom is -0.465 e. The summed E-state index contributed by atoms with van der Waals surface area (Å²) in [5.74, 6) is -0.848. The molecule has 0 fully saturated rings. The summed E-state index contributed by atoms with van der Waals surface area (Å²) in [6.07, 6.45) is 1.43. The highest BCUT2D eigenvalue weighted by Gasteiger charge is 2.08. The van der Waals surface area contributed by atoms with Crippen LogP contribution in [-0.4, -0.2) is 30.0 Å². The second kappa shape index (κ2) is 5.95. The molecule has 1 heterocycles. The molecule has 92 valence electrons. The number of nitrogens with two attached hydrogens (primary N) is 1. The van der Waals surface area contributed by atoms with Crippen molar-refractivity contribution in [2.75, 3.05) is 7.11 Å². The van der Waals surface area contributed by atoms with Gasteiger partial charge in [-0.1, -0.05) is 0 Å². The maximum absolute atomic E-state index is 11.1. The number of ether oxygens (including phenoxy) is 1. The van der Waals surface area contributed by atoms with Gasteiger partial charge in [0.2, 0.25) is 5.91 Å². The SMILES string of the molecule is COC(=O)c1ccc(CNC(C)C(N)=O)nc1. The minimum atomic E-state index is -0.428. The molecule has 0 aromatic carbocycles. The molecule has 0 aliphatic rings. The van der Waals surface area contributed by atoms with Gasteiger partial charge in [0.15, 0.2) is 0 Å². The number of nitrogens with zero attached hydrogens (tertiary/aromatic N) is 1. The Morgan fingerprint density at radius 1 is 1.53 bits per heavy atom. The molecule has 17 heavy (non-hydrogen) atoms. The van der Waals surface area contributed by atoms with Crippen molar-refractivity contribution in [3.05, 3.63) is 29.6 Å². The quantitative estimate of drug-likeness (QED) is 0.693. The van der Waals surface area contributed by atoms with E-state index >= 15 is 0 Å². The van der Waals surface area contributed by atoms with E-state index in [1.54, 1.807) is 19.1 Å². The van der Waals surface area contributed by atoms with E-state index in [0.717, 1.165) is 0 Å². The van der Waals surface area contributed by atoms with E-state index in [1.807, 2.05) is 0 Å². The molecule has 1 rings (SSSR count). The Morgan fingerprint density at radius 3 is 2.71 bits per heavy atom. The summed E-state index contributed by atoms with van der Waals surface area (Å²) >= 11 is 0. The van der Waals surface area contributed by atoms with E-state index in [4.69, 9.17) is 5.73 Å². The van der Waals surface area contributed by atoms with Gasteiger partial charge in [-0.15, -0.1) is 0 Å². The normalized spacial score (nSPS) is 11.9. The lowest BCUT2D eigenvalue weighted by Crippen LogP contribution is -2.38. The van der Waals surface area contributed by atoms with E-state index in [2.05, 4.69) is 15.0 Å². The number of carbonyl (C=O) groups is 2. The first-order chi connectivity index (χ1) is 8.04. The number of hydrogen-bond donors (Lipinski definition) is 2. The molecule has 1 atom stereocenters. The van der Waals surface area contributed by atoms with Crippen molar-refractivity contribution in [3.63, 3.8) is 0 Å². The van der Waals surface area contributed by atoms with Crippen LogP contribution < -0.4 is 11.1 Å². The lowest BCUT2D eigenvalue weighted by atomic mass is 10.2. The Hall–Kier alpha value is -1.95. The van der Waals surface area contributed by atoms with Gasteiger partial charge < -0.3 is 15.8 Å². The molecule has 0 radical (unpaired) electrons. The van der Waals surface area contributed by atoms with Crippen LogP contribution in [0.1, 0.15) is 23.0 Å². The number of pyridine rings is 1. The Bertz CT molecular complexity index is 403. The number of esters is 1. The Labute approximate surface area is 99.2 Å². The summed E-state index contributed by atoms with van der Waals surface area (Å²) in [7, 11) is 1.31. The van der Waals surface area contributed by atoms with Crippen molar-refractivity contribution in [1.82, 2.24) is 10.3 Å². The predicted molar refractivity (Wildman–Crippen MR) is 61.1 cm³/mol. The smallest absolute Gasteiger partial charge is 0.339 e. The number of rotatable bonds is 5. The highest BCUT2D eigenvalue weighted by Crippen LogP contribution is 2.02. The molecule has 1 aromatic heterocycles. The molecule has 0 aliphatic heterocycles. The van der Waals surface area contributed by atoms with Gasteiger partial charge in [0, 0.05) is 12.7 Å². The second-order valence-corrected chi connectivity index (χ2v) is 3.53. The molecule has 0 saturated carbocycles. The van der Waals surface area contributed by atoms with Gasteiger partial charge in [-0.25, -0.2) is 4.79 Å². The van der Waals surface area contributed by atoms with E-state index in [9.17, 15) is 9.59 Å². The van der Waals surface area contributed by atoms with Crippen LogP contribution in [0.2, 0.25) is 0 Å². The fourth-order valence-electron chi connectivity index (χ4n) is 1.13. The highest BCUT2D eigenvalue weighted by molar-refractivity contribution is 5.88. The van der Waals surface area contributed by atoms with Crippen LogP contribution in [0.25, 0.3) is 0 Å². The maximum atomic E-state index is 11.1. The summed E-state index contributed by atoms with van der Waals surface area (Å²) in [4.78, 5) is 26.0. The van der Waals surface area contributed by atoms with Crippen LogP contribution in [0.15, 0.2) is 18.3 Å². The number of primary amides is 1. The summed E-state index contributed by atoms with van der Waals surface area (Å²) in [6, 6.07) is 2.88. The van der Waals surface area contributed by atoms with Gasteiger partial charge in [-0.2, -0.15) is 0 Å². The van der Waals surface area contributed by atoms with Crippen molar-refractivity contribution in [2.45, 2.75) is 19.5 Å². The van der Waals surface area contributed by atoms with E-state index in [0.29, 0.717) is 17.8 Å². The number of aromatic nitrogens is 1. The Kier molecular flexibility index (Phi) is 4.59. The van der Waals surface area contributed by atoms with Crippen molar-refractivity contribution < 1.29 is 14.3 Å². The molecule has 6 heteroatoms. The number of methoxy groups -OCH3 is 1. The first-order valence-electron chi connectivity index (χ1n) is 5.10. The average Bonchev–Trinajstić information content (AvgIpc) is 2.35. The fraction of sp³-hybridized carbons (Fsp3) is 0.364. The lowest BCUT2D eigenvalue weighted by molar-refractivity contribution is -0.119. The minimum absolute atomic E-state index is 0.388. The zero-order chi connectivity index (χ0) is 12.8. The standard InChI is InChI=1S/C11H15N3O3/c1-7(10(12)15)13-6-9-4-3-8(5-14-9)11(16)17-2/h3-5,7,13H,6H2,1-2H3,(H2,12,15). The Morgan fingerprint density at radius 2 is 2.24 bits per heavy atom. The van der Waals surface area contributed by atoms with Gasteiger partial charge in [-0.05, 0) is 19.1 Å². The van der Waals surface area contributed by atoms with Crippen LogP contribution in [0.4, 0.5) is 0 Å². The van der Waals surface area contributed by atoms with Crippen molar-refractivity contribution in [3.8, 4) is 0 Å². The number of amides is 1. The van der Waals surface area contributed by atoms with Crippen LogP contribution in [0.3, 0.4) is 0 Å². The van der Waals surface area contributed by atoms with Crippen LogP contribution in [0.5, 0.6) is 0 Å². The third-order valence-corrected chi connectivity index (χ3v) is 2.26. The number of carbonyl (C=O) groups excluding carboxylic acids is 2. The van der Waals surface area contributed by atoms with Crippen LogP contribution in [0, 0.1) is 0 Å². The fourth-order valence-corrected chi connectivity index (χ4v) is 1.13. The molecular formula is C11H15N3O3. The Balaban J connectivity index is 2.57. The summed E-state index contributed by atoms with van der Waals surface area (Å²) < 4.78 is 4.55. The van der Waals surface area contributed by atoms with Crippen molar-refractivity contribution in [2.24, 2.45) is 5.73 Å². The zero-order valence-electron chi connectivity index (χ0n) is 9.77. The lowest BCUT2D eigenvalue weighted by Gasteiger charge is -2.09. The average molecular weight is 237 g/mol. The van der Waals surface area contributed by atoms with Gasteiger partial charge in [0.05, 0.1) is 24.4 Å². The van der Waals surface area contributed by atoms with E-state index in [-0.39, 0.29) is 0 Å². The molecule has 1 amide bonds. The molecule has 3 N–H and O–H groups in total. The first-order valence-corrected chi connectivity index (χ1v) is 5.10. The summed E-state index contributed by atoms with van der Waals surface area (Å²) in [5, 5.41) is 2.91. The molecular weight excluding hydrogens is 222 g/mol. The summed E-state index contributed by atoms with van der Waals surface area (Å²) in [6.45, 7) is 2.08. The molecule has 0 aliphatic carbocycles. The molecule has 0 spiro atoms.